The van der Waals surface area contributed by atoms with Crippen LogP contribution in [-0.4, -0.2) is 52.2 Å². The highest BCUT2D eigenvalue weighted by Crippen LogP contribution is 2.12. The van der Waals surface area contributed by atoms with Gasteiger partial charge in [-0.15, -0.1) is 0 Å². The molecule has 1 heterocycles. The zero-order chi connectivity index (χ0) is 18.3. The van der Waals surface area contributed by atoms with Gasteiger partial charge in [0, 0.05) is 0 Å². The quantitative estimate of drug-likeness (QED) is 0.646. The molecule has 10 heteroatoms. The Bertz CT molecular complexity index is 693. The summed E-state index contributed by atoms with van der Waals surface area (Å²) in [6, 6.07) is 8.72. The summed E-state index contributed by atoms with van der Waals surface area (Å²) in [6.45, 7) is 0.0685. The van der Waals surface area contributed by atoms with Gasteiger partial charge in [0.15, 0.2) is 0 Å². The van der Waals surface area contributed by atoms with E-state index in [2.05, 4.69) is 14.8 Å². The van der Waals surface area contributed by atoms with Crippen molar-refractivity contribution in [3.8, 4) is 0 Å². The number of carbonyl (C=O) groups excluding carboxylic acids is 2. The molecule has 25 heavy (non-hydrogen) atoms. The third kappa shape index (κ3) is 6.98. The Balaban J connectivity index is 1.73. The summed E-state index contributed by atoms with van der Waals surface area (Å²) in [7, 11) is -3.55. The Morgan fingerprint density at radius 1 is 1.32 bits per heavy atom. The molecule has 0 radical (unpaired) electrons. The maximum atomic E-state index is 11.7. The van der Waals surface area contributed by atoms with Crippen molar-refractivity contribution in [2.24, 2.45) is 0 Å². The van der Waals surface area contributed by atoms with Crippen molar-refractivity contribution in [3.05, 3.63) is 35.9 Å². The molecule has 2 atom stereocenters. The molecule has 138 valence electrons. The van der Waals surface area contributed by atoms with Gasteiger partial charge in [-0.2, -0.15) is 8.42 Å². The Kier molecular flexibility index (Phi) is 6.59. The van der Waals surface area contributed by atoms with Gasteiger partial charge in [-0.1, -0.05) is 30.3 Å². The van der Waals surface area contributed by atoms with E-state index in [9.17, 15) is 18.0 Å². The highest BCUT2D eigenvalue weighted by atomic mass is 32.2. The monoisotopic (exact) mass is 372 g/mol. The van der Waals surface area contributed by atoms with E-state index in [4.69, 9.17) is 9.47 Å². The smallest absolute Gasteiger partial charge is 0.407 e. The Morgan fingerprint density at radius 2 is 2.04 bits per heavy atom. The van der Waals surface area contributed by atoms with E-state index in [1.165, 1.54) is 0 Å². The van der Waals surface area contributed by atoms with Crippen molar-refractivity contribution >= 4 is 22.3 Å². The number of cyclic esters (lactones) is 1. The summed E-state index contributed by atoms with van der Waals surface area (Å²) in [5.74, 6) is 0. The Hall–Kier alpha value is -2.33. The lowest BCUT2D eigenvalue weighted by atomic mass is 10.1. The zero-order valence-corrected chi connectivity index (χ0v) is 14.5. The third-order valence-corrected chi connectivity index (χ3v) is 3.99. The Morgan fingerprint density at radius 3 is 2.72 bits per heavy atom. The second-order valence-corrected chi connectivity index (χ2v) is 7.10. The van der Waals surface area contributed by atoms with Crippen LogP contribution in [0, 0.1) is 0 Å². The van der Waals surface area contributed by atoms with Crippen molar-refractivity contribution in [2.75, 3.05) is 19.4 Å². The number of nitrogens with one attached hydrogen (secondary N) is 2. The Labute approximate surface area is 145 Å². The van der Waals surface area contributed by atoms with Crippen LogP contribution in [0.3, 0.4) is 0 Å². The second-order valence-electron chi connectivity index (χ2n) is 5.45. The number of rotatable bonds is 8. The molecule has 1 aliphatic heterocycles. The van der Waals surface area contributed by atoms with Gasteiger partial charge in [-0.05, 0) is 12.0 Å². The first-order valence-electron chi connectivity index (χ1n) is 7.59. The molecule has 0 aliphatic carbocycles. The number of carbonyl (C=O) groups is 2. The minimum absolute atomic E-state index is 0.0376. The first-order valence-corrected chi connectivity index (χ1v) is 9.41. The molecule has 2 rings (SSSR count). The summed E-state index contributed by atoms with van der Waals surface area (Å²) in [5, 5.41) is 5.06. The number of hydrogen-bond donors (Lipinski definition) is 2. The SMILES string of the molecule is CS(=O)(=O)OCCC1NC(=O)OC1CNC(=O)OCc1ccccc1. The molecule has 1 fully saturated rings. The third-order valence-electron chi connectivity index (χ3n) is 3.40. The molecule has 0 aromatic heterocycles. The van der Waals surface area contributed by atoms with E-state index in [1.807, 2.05) is 30.3 Å². The van der Waals surface area contributed by atoms with E-state index in [0.29, 0.717) is 0 Å². The van der Waals surface area contributed by atoms with Crippen LogP contribution in [-0.2, 0) is 30.4 Å². The topological polar surface area (TPSA) is 120 Å². The molecule has 1 aromatic carbocycles. The van der Waals surface area contributed by atoms with Crippen LogP contribution in [0.4, 0.5) is 9.59 Å². The first-order chi connectivity index (χ1) is 11.8. The number of ether oxygens (including phenoxy) is 2. The van der Waals surface area contributed by atoms with Crippen molar-refractivity contribution < 1.29 is 31.7 Å². The lowest BCUT2D eigenvalue weighted by Crippen LogP contribution is -2.41. The van der Waals surface area contributed by atoms with Crippen LogP contribution < -0.4 is 10.6 Å². The second kappa shape index (κ2) is 8.67. The lowest BCUT2D eigenvalue weighted by Gasteiger charge is -2.17. The van der Waals surface area contributed by atoms with Crippen LogP contribution in [0.1, 0.15) is 12.0 Å². The average molecular weight is 372 g/mol. The van der Waals surface area contributed by atoms with E-state index in [0.717, 1.165) is 11.8 Å². The number of amides is 2. The van der Waals surface area contributed by atoms with Gasteiger partial charge >= 0.3 is 12.2 Å². The fraction of sp³-hybridized carbons (Fsp3) is 0.467. The van der Waals surface area contributed by atoms with E-state index < -0.39 is 34.5 Å². The largest absolute Gasteiger partial charge is 0.445 e. The minimum Gasteiger partial charge on any atom is -0.445 e. The van der Waals surface area contributed by atoms with Crippen molar-refractivity contribution in [1.29, 1.82) is 0 Å². The molecular weight excluding hydrogens is 352 g/mol. The predicted molar refractivity (Wildman–Crippen MR) is 87.2 cm³/mol. The first kappa shape index (κ1) is 19.0. The molecule has 0 bridgehead atoms. The highest BCUT2D eigenvalue weighted by Gasteiger charge is 2.34. The summed E-state index contributed by atoms with van der Waals surface area (Å²) in [5.41, 5.74) is 0.849. The van der Waals surface area contributed by atoms with Crippen molar-refractivity contribution in [3.63, 3.8) is 0 Å². The minimum atomic E-state index is -3.55. The predicted octanol–water partition coefficient (Wildman–Crippen LogP) is 0.756. The van der Waals surface area contributed by atoms with Gasteiger partial charge in [0.25, 0.3) is 10.1 Å². The van der Waals surface area contributed by atoms with Crippen LogP contribution in [0.25, 0.3) is 0 Å². The standard InChI is InChI=1S/C15H20N2O7S/c1-25(20,21)23-8-7-12-13(24-15(19)17-12)9-16-14(18)22-10-11-5-3-2-4-6-11/h2-6,12-13H,7-10H2,1H3,(H,16,18)(H,17,19). The molecule has 1 saturated heterocycles. The fourth-order valence-corrected chi connectivity index (χ4v) is 2.62. The molecule has 9 nitrogen and oxygen atoms in total. The summed E-state index contributed by atoms with van der Waals surface area (Å²) in [4.78, 5) is 23.1. The average Bonchev–Trinajstić information content (AvgIpc) is 2.90. The number of alkyl carbamates (subject to hydrolysis) is 2. The van der Waals surface area contributed by atoms with Crippen LogP contribution in [0.15, 0.2) is 30.3 Å². The van der Waals surface area contributed by atoms with E-state index in [-0.39, 0.29) is 26.2 Å². The summed E-state index contributed by atoms with van der Waals surface area (Å²) >= 11 is 0. The molecule has 1 aliphatic rings. The molecule has 2 amide bonds. The maximum absolute atomic E-state index is 11.7. The molecule has 2 unspecified atom stereocenters. The lowest BCUT2D eigenvalue weighted by molar-refractivity contribution is 0.112. The van der Waals surface area contributed by atoms with Crippen molar-refractivity contribution in [2.45, 2.75) is 25.2 Å². The van der Waals surface area contributed by atoms with Gasteiger partial charge in [-0.25, -0.2) is 9.59 Å². The van der Waals surface area contributed by atoms with E-state index in [1.54, 1.807) is 0 Å². The zero-order valence-electron chi connectivity index (χ0n) is 13.6. The van der Waals surface area contributed by atoms with Gasteiger partial charge in [-0.3, -0.25) is 4.18 Å². The van der Waals surface area contributed by atoms with Gasteiger partial charge in [0.1, 0.15) is 12.7 Å². The van der Waals surface area contributed by atoms with Crippen LogP contribution >= 0.6 is 0 Å². The molecule has 1 aromatic rings. The highest BCUT2D eigenvalue weighted by molar-refractivity contribution is 7.85. The van der Waals surface area contributed by atoms with Crippen molar-refractivity contribution in [1.82, 2.24) is 10.6 Å². The molecule has 0 saturated carbocycles. The maximum Gasteiger partial charge on any atom is 0.407 e. The number of benzene rings is 1. The fourth-order valence-electron chi connectivity index (χ4n) is 2.22. The normalized spacial score (nSPS) is 19.8. The van der Waals surface area contributed by atoms with Crippen LogP contribution in [0.5, 0.6) is 0 Å². The van der Waals surface area contributed by atoms with Gasteiger partial charge < -0.3 is 20.1 Å². The summed E-state index contributed by atoms with van der Waals surface area (Å²) < 4.78 is 36.6. The van der Waals surface area contributed by atoms with Gasteiger partial charge in [0.2, 0.25) is 0 Å². The number of hydrogen-bond acceptors (Lipinski definition) is 7. The summed E-state index contributed by atoms with van der Waals surface area (Å²) in [6.07, 6.45) is -0.741. The van der Waals surface area contributed by atoms with Gasteiger partial charge in [0.05, 0.1) is 25.4 Å². The molecule has 0 spiro atoms. The van der Waals surface area contributed by atoms with Crippen LogP contribution in [0.2, 0.25) is 0 Å². The van der Waals surface area contributed by atoms with E-state index >= 15 is 0 Å². The molecular formula is C15H20N2O7S. The molecule has 2 N–H and O–H groups in total.